The number of nitrogens with zero attached hydrogens (tertiary/aromatic N) is 3. The van der Waals surface area contributed by atoms with E-state index in [1.165, 1.54) is 5.56 Å². The van der Waals surface area contributed by atoms with E-state index in [0.717, 1.165) is 39.1 Å². The van der Waals surface area contributed by atoms with E-state index in [9.17, 15) is 0 Å². The lowest BCUT2D eigenvalue weighted by Gasteiger charge is -2.17. The van der Waals surface area contributed by atoms with Gasteiger partial charge in [-0.3, -0.25) is 0 Å². The number of aryl methyl sites for hydroxylation is 1. The van der Waals surface area contributed by atoms with Crippen molar-refractivity contribution in [1.82, 2.24) is 14.8 Å². The van der Waals surface area contributed by atoms with Crippen LogP contribution in [0.3, 0.4) is 0 Å². The van der Waals surface area contributed by atoms with Gasteiger partial charge in [-0.25, -0.2) is 0 Å². The lowest BCUT2D eigenvalue weighted by Crippen LogP contribution is -2.12. The Morgan fingerprint density at radius 3 is 2.54 bits per heavy atom. The highest BCUT2D eigenvalue weighted by Crippen LogP contribution is 2.28. The molecular weight excluding hydrogens is 410 g/mol. The molecule has 0 aliphatic carbocycles. The Morgan fingerprint density at radius 1 is 1.12 bits per heavy atom. The smallest absolute Gasteiger partial charge is 0.191 e. The van der Waals surface area contributed by atoms with Gasteiger partial charge in [-0.2, -0.15) is 0 Å². The minimum Gasteiger partial charge on any atom is -0.482 e. The van der Waals surface area contributed by atoms with Crippen LogP contribution in [-0.2, 0) is 12.3 Å². The molecule has 0 radical (unpaired) electrons. The minimum atomic E-state index is -0.161. The maximum atomic E-state index is 6.13. The first-order valence-corrected chi connectivity index (χ1v) is 10.4. The van der Waals surface area contributed by atoms with Crippen LogP contribution < -0.4 is 4.74 Å². The second kappa shape index (κ2) is 8.73. The number of rotatable bonds is 7. The van der Waals surface area contributed by atoms with Crippen molar-refractivity contribution in [1.29, 1.82) is 0 Å². The number of halogens is 1. The molecule has 6 heteroatoms. The van der Waals surface area contributed by atoms with Gasteiger partial charge in [0, 0.05) is 16.8 Å². The fourth-order valence-corrected chi connectivity index (χ4v) is 3.89. The van der Waals surface area contributed by atoms with Crippen molar-refractivity contribution < 1.29 is 4.74 Å². The summed E-state index contributed by atoms with van der Waals surface area (Å²) in [5, 5.41) is 9.71. The Bertz CT molecular complexity index is 864. The number of benzene rings is 2. The van der Waals surface area contributed by atoms with Gasteiger partial charge in [0.1, 0.15) is 5.75 Å². The van der Waals surface area contributed by atoms with Crippen LogP contribution >= 0.6 is 27.7 Å². The van der Waals surface area contributed by atoms with Crippen molar-refractivity contribution in [2.24, 2.45) is 0 Å². The fourth-order valence-electron chi connectivity index (χ4n) is 2.67. The quantitative estimate of drug-likeness (QED) is 0.443. The first-order valence-electron chi connectivity index (χ1n) is 8.61. The molecule has 0 saturated heterocycles. The summed E-state index contributed by atoms with van der Waals surface area (Å²) in [6.07, 6.45) is -0.161. The summed E-state index contributed by atoms with van der Waals surface area (Å²) >= 11 is 5.17. The van der Waals surface area contributed by atoms with Crippen LogP contribution in [0.25, 0.3) is 0 Å². The van der Waals surface area contributed by atoms with Crippen molar-refractivity contribution in [2.75, 3.05) is 0 Å². The number of aromatic nitrogens is 3. The first kappa shape index (κ1) is 19.0. The minimum absolute atomic E-state index is 0.161. The largest absolute Gasteiger partial charge is 0.482 e. The Labute approximate surface area is 167 Å². The Kier molecular flexibility index (Phi) is 6.38. The van der Waals surface area contributed by atoms with Gasteiger partial charge in [0.15, 0.2) is 17.1 Å². The molecule has 0 aliphatic rings. The Hall–Kier alpha value is -1.79. The van der Waals surface area contributed by atoms with Gasteiger partial charge in [-0.15, -0.1) is 10.2 Å². The molecule has 0 amide bonds. The summed E-state index contributed by atoms with van der Waals surface area (Å²) in [6, 6.07) is 16.4. The Morgan fingerprint density at radius 2 is 1.85 bits per heavy atom. The number of hydrogen-bond acceptors (Lipinski definition) is 4. The van der Waals surface area contributed by atoms with Crippen LogP contribution in [0.15, 0.2) is 58.2 Å². The number of para-hydroxylation sites is 1. The van der Waals surface area contributed by atoms with Crippen LogP contribution in [0, 0.1) is 6.92 Å². The molecular formula is C20H22BrN3OS. The maximum Gasteiger partial charge on any atom is 0.191 e. The van der Waals surface area contributed by atoms with E-state index in [4.69, 9.17) is 4.74 Å². The van der Waals surface area contributed by atoms with Crippen molar-refractivity contribution in [3.05, 3.63) is 70.0 Å². The maximum absolute atomic E-state index is 6.13. The molecule has 0 aliphatic heterocycles. The van der Waals surface area contributed by atoms with Crippen LogP contribution in [0.4, 0.5) is 0 Å². The first-order chi connectivity index (χ1) is 12.6. The standard InChI is InChI=1S/C20H22BrN3OS/c1-4-24-19(15(3)25-18-8-6-5-7-14(18)2)22-23-20(24)26-13-16-9-11-17(21)12-10-16/h5-12,15H,4,13H2,1-3H3. The SMILES string of the molecule is CCn1c(SCc2ccc(Br)cc2)nnc1C(C)Oc1ccccc1C. The summed E-state index contributed by atoms with van der Waals surface area (Å²) < 4.78 is 9.35. The predicted molar refractivity (Wildman–Crippen MR) is 110 cm³/mol. The van der Waals surface area contributed by atoms with Gasteiger partial charge in [-0.1, -0.05) is 58.0 Å². The molecule has 0 spiro atoms. The van der Waals surface area contributed by atoms with Gasteiger partial charge >= 0.3 is 0 Å². The van der Waals surface area contributed by atoms with Crippen LogP contribution in [-0.4, -0.2) is 14.8 Å². The third-order valence-electron chi connectivity index (χ3n) is 4.10. The molecule has 0 fully saturated rings. The summed E-state index contributed by atoms with van der Waals surface area (Å²) in [4.78, 5) is 0. The van der Waals surface area contributed by atoms with Gasteiger partial charge < -0.3 is 9.30 Å². The zero-order valence-corrected chi connectivity index (χ0v) is 17.5. The monoisotopic (exact) mass is 431 g/mol. The molecule has 136 valence electrons. The molecule has 2 aromatic carbocycles. The third kappa shape index (κ3) is 4.48. The average Bonchev–Trinajstić information content (AvgIpc) is 3.06. The number of thioether (sulfide) groups is 1. The molecule has 0 saturated carbocycles. The van der Waals surface area contributed by atoms with E-state index >= 15 is 0 Å². The second-order valence-electron chi connectivity index (χ2n) is 6.03. The molecule has 0 bridgehead atoms. The fraction of sp³-hybridized carbons (Fsp3) is 0.300. The molecule has 26 heavy (non-hydrogen) atoms. The summed E-state index contributed by atoms with van der Waals surface area (Å²) in [5.41, 5.74) is 2.38. The zero-order valence-electron chi connectivity index (χ0n) is 15.1. The molecule has 0 N–H and O–H groups in total. The number of ether oxygens (including phenoxy) is 1. The van der Waals surface area contributed by atoms with Crippen LogP contribution in [0.5, 0.6) is 5.75 Å². The number of hydrogen-bond donors (Lipinski definition) is 0. The topological polar surface area (TPSA) is 39.9 Å². The van der Waals surface area contributed by atoms with Crippen LogP contribution in [0.2, 0.25) is 0 Å². The van der Waals surface area contributed by atoms with Crippen LogP contribution in [0.1, 0.15) is 36.9 Å². The van der Waals surface area contributed by atoms with Gasteiger partial charge in [0.2, 0.25) is 0 Å². The highest BCUT2D eigenvalue weighted by atomic mass is 79.9. The molecule has 1 unspecified atom stereocenters. The molecule has 1 heterocycles. The van der Waals surface area contributed by atoms with Crippen molar-refractivity contribution in [3.8, 4) is 5.75 Å². The summed E-state index contributed by atoms with van der Waals surface area (Å²) in [6.45, 7) is 6.99. The van der Waals surface area contributed by atoms with E-state index in [-0.39, 0.29) is 6.10 Å². The van der Waals surface area contributed by atoms with E-state index in [0.29, 0.717) is 0 Å². The van der Waals surface area contributed by atoms with E-state index < -0.39 is 0 Å². The van der Waals surface area contributed by atoms with Gasteiger partial charge in [-0.05, 0) is 50.1 Å². The van der Waals surface area contributed by atoms with Crippen molar-refractivity contribution >= 4 is 27.7 Å². The lowest BCUT2D eigenvalue weighted by molar-refractivity contribution is 0.208. The van der Waals surface area contributed by atoms with E-state index in [1.807, 2.05) is 38.1 Å². The van der Waals surface area contributed by atoms with Crippen molar-refractivity contribution in [2.45, 2.75) is 44.3 Å². The predicted octanol–water partition coefficient (Wildman–Crippen LogP) is 5.80. The average molecular weight is 432 g/mol. The summed E-state index contributed by atoms with van der Waals surface area (Å²) in [7, 11) is 0. The Balaban J connectivity index is 1.72. The normalized spacial score (nSPS) is 12.2. The highest BCUT2D eigenvalue weighted by molar-refractivity contribution is 9.10. The molecule has 4 nitrogen and oxygen atoms in total. The molecule has 1 atom stereocenters. The third-order valence-corrected chi connectivity index (χ3v) is 5.67. The highest BCUT2D eigenvalue weighted by Gasteiger charge is 2.19. The lowest BCUT2D eigenvalue weighted by atomic mass is 10.2. The molecule has 3 rings (SSSR count). The second-order valence-corrected chi connectivity index (χ2v) is 7.88. The van der Waals surface area contributed by atoms with Gasteiger partial charge in [0.05, 0.1) is 0 Å². The van der Waals surface area contributed by atoms with E-state index in [2.05, 4.69) is 61.9 Å². The van der Waals surface area contributed by atoms with E-state index in [1.54, 1.807) is 11.8 Å². The zero-order chi connectivity index (χ0) is 18.5. The molecule has 3 aromatic rings. The van der Waals surface area contributed by atoms with Crippen molar-refractivity contribution in [3.63, 3.8) is 0 Å². The van der Waals surface area contributed by atoms with Gasteiger partial charge in [0.25, 0.3) is 0 Å². The summed E-state index contributed by atoms with van der Waals surface area (Å²) in [5.74, 6) is 2.60. The molecule has 1 aromatic heterocycles.